The molecule has 0 aliphatic rings. The molecule has 146 valence electrons. The Bertz CT molecular complexity index is 955. The van der Waals surface area contributed by atoms with Crippen LogP contribution < -0.4 is 10.1 Å². The zero-order valence-corrected chi connectivity index (χ0v) is 17.1. The van der Waals surface area contributed by atoms with E-state index in [1.807, 2.05) is 60.0 Å². The number of amides is 1. The fourth-order valence-electron chi connectivity index (χ4n) is 2.92. The lowest BCUT2D eigenvalue weighted by Gasteiger charge is -2.10. The van der Waals surface area contributed by atoms with Crippen LogP contribution in [0.15, 0.2) is 53.7 Å². The molecule has 1 N–H and O–H groups in total. The second-order valence-electron chi connectivity index (χ2n) is 6.13. The highest BCUT2D eigenvalue weighted by atomic mass is 32.2. The Morgan fingerprint density at radius 3 is 2.71 bits per heavy atom. The fourth-order valence-corrected chi connectivity index (χ4v) is 3.73. The minimum atomic E-state index is -0.0560. The molecule has 3 aromatic rings. The molecule has 1 amide bonds. The maximum Gasteiger partial charge on any atom is 0.234 e. The third-order valence-corrected chi connectivity index (χ3v) is 5.33. The molecular weight excluding hydrogens is 372 g/mol. The van der Waals surface area contributed by atoms with Crippen LogP contribution in [0.4, 0.5) is 5.69 Å². The molecule has 2 aromatic carbocycles. The first-order chi connectivity index (χ1) is 13.7. The Balaban J connectivity index is 1.71. The summed E-state index contributed by atoms with van der Waals surface area (Å²) in [5.41, 5.74) is 2.92. The summed E-state index contributed by atoms with van der Waals surface area (Å²) in [4.78, 5) is 12.4. The first kappa shape index (κ1) is 19.9. The van der Waals surface area contributed by atoms with Crippen molar-refractivity contribution < 1.29 is 9.53 Å². The molecule has 0 saturated carbocycles. The molecular formula is C21H24N4O2S. The van der Waals surface area contributed by atoms with Gasteiger partial charge in [0.1, 0.15) is 5.75 Å². The van der Waals surface area contributed by atoms with Crippen LogP contribution in [0.5, 0.6) is 5.75 Å². The van der Waals surface area contributed by atoms with E-state index in [1.165, 1.54) is 11.8 Å². The van der Waals surface area contributed by atoms with E-state index in [-0.39, 0.29) is 11.7 Å². The standard InChI is InChI=1S/C21H24N4O2S/c1-4-15-9-6-7-12-18(15)22-19(26)14-28-21-24-23-20(25(21)5-2)16-10-8-11-17(13-16)27-3/h6-13H,4-5,14H2,1-3H3,(H,22,26). The van der Waals surface area contributed by atoms with Gasteiger partial charge in [-0.05, 0) is 37.1 Å². The van der Waals surface area contributed by atoms with Crippen molar-refractivity contribution in [2.24, 2.45) is 0 Å². The number of hydrogen-bond donors (Lipinski definition) is 1. The molecule has 0 aliphatic carbocycles. The first-order valence-corrected chi connectivity index (χ1v) is 10.2. The minimum Gasteiger partial charge on any atom is -0.497 e. The highest BCUT2D eigenvalue weighted by Crippen LogP contribution is 2.26. The lowest BCUT2D eigenvalue weighted by atomic mass is 10.1. The number of aromatic nitrogens is 3. The number of rotatable bonds is 8. The van der Waals surface area contributed by atoms with E-state index < -0.39 is 0 Å². The van der Waals surface area contributed by atoms with Gasteiger partial charge in [0.15, 0.2) is 11.0 Å². The number of nitrogens with zero attached hydrogens (tertiary/aromatic N) is 3. The van der Waals surface area contributed by atoms with Crippen LogP contribution in [0.2, 0.25) is 0 Å². The van der Waals surface area contributed by atoms with Gasteiger partial charge in [-0.3, -0.25) is 4.79 Å². The van der Waals surface area contributed by atoms with Crippen LogP contribution in [0, 0.1) is 0 Å². The second kappa shape index (κ2) is 9.41. The molecule has 0 saturated heterocycles. The molecule has 28 heavy (non-hydrogen) atoms. The van der Waals surface area contributed by atoms with Crippen molar-refractivity contribution in [3.05, 3.63) is 54.1 Å². The van der Waals surface area contributed by atoms with Gasteiger partial charge in [-0.1, -0.05) is 49.0 Å². The molecule has 0 bridgehead atoms. The number of nitrogens with one attached hydrogen (secondary N) is 1. The summed E-state index contributed by atoms with van der Waals surface area (Å²) in [6.45, 7) is 4.82. The van der Waals surface area contributed by atoms with E-state index in [4.69, 9.17) is 4.74 Å². The molecule has 0 fully saturated rings. The topological polar surface area (TPSA) is 69.0 Å². The summed E-state index contributed by atoms with van der Waals surface area (Å²) in [6.07, 6.45) is 0.873. The van der Waals surface area contributed by atoms with Crippen LogP contribution in [0.25, 0.3) is 11.4 Å². The number of carbonyl (C=O) groups excluding carboxylic acids is 1. The summed E-state index contributed by atoms with van der Waals surface area (Å²) in [7, 11) is 1.64. The van der Waals surface area contributed by atoms with E-state index in [9.17, 15) is 4.79 Å². The molecule has 0 radical (unpaired) electrons. The number of carbonyl (C=O) groups is 1. The Morgan fingerprint density at radius 2 is 1.96 bits per heavy atom. The van der Waals surface area contributed by atoms with Crippen molar-refractivity contribution in [3.8, 4) is 17.1 Å². The Labute approximate surface area is 169 Å². The monoisotopic (exact) mass is 396 g/mol. The molecule has 0 spiro atoms. The van der Waals surface area contributed by atoms with Crippen LogP contribution in [0.3, 0.4) is 0 Å². The largest absolute Gasteiger partial charge is 0.497 e. The molecule has 0 aliphatic heterocycles. The summed E-state index contributed by atoms with van der Waals surface area (Å²) in [5, 5.41) is 12.3. The highest BCUT2D eigenvalue weighted by Gasteiger charge is 2.15. The zero-order chi connectivity index (χ0) is 19.9. The number of thioether (sulfide) groups is 1. The SMILES string of the molecule is CCc1ccccc1NC(=O)CSc1nnc(-c2cccc(OC)c2)n1CC. The summed E-state index contributed by atoms with van der Waals surface area (Å²) in [6, 6.07) is 15.6. The van der Waals surface area contributed by atoms with Gasteiger partial charge in [0.2, 0.25) is 5.91 Å². The number of ether oxygens (including phenoxy) is 1. The predicted molar refractivity (Wildman–Crippen MR) is 113 cm³/mol. The molecule has 3 rings (SSSR count). The quantitative estimate of drug-likeness (QED) is 0.576. The summed E-state index contributed by atoms with van der Waals surface area (Å²) < 4.78 is 7.30. The highest BCUT2D eigenvalue weighted by molar-refractivity contribution is 7.99. The maximum atomic E-state index is 12.4. The van der Waals surface area contributed by atoms with Crippen LogP contribution >= 0.6 is 11.8 Å². The van der Waals surface area contributed by atoms with Crippen molar-refractivity contribution >= 4 is 23.4 Å². The van der Waals surface area contributed by atoms with Gasteiger partial charge in [-0.2, -0.15) is 0 Å². The van der Waals surface area contributed by atoms with Crippen molar-refractivity contribution in [1.29, 1.82) is 0 Å². The lowest BCUT2D eigenvalue weighted by Crippen LogP contribution is -2.15. The molecule has 1 aromatic heterocycles. The number of hydrogen-bond acceptors (Lipinski definition) is 5. The van der Waals surface area contributed by atoms with Crippen LogP contribution in [-0.2, 0) is 17.8 Å². The van der Waals surface area contributed by atoms with Crippen LogP contribution in [0.1, 0.15) is 19.4 Å². The maximum absolute atomic E-state index is 12.4. The van der Waals surface area contributed by atoms with Crippen LogP contribution in [-0.4, -0.2) is 33.5 Å². The van der Waals surface area contributed by atoms with Crippen molar-refractivity contribution in [2.45, 2.75) is 32.0 Å². The molecule has 6 nitrogen and oxygen atoms in total. The summed E-state index contributed by atoms with van der Waals surface area (Å²) >= 11 is 1.38. The minimum absolute atomic E-state index is 0.0560. The van der Waals surface area contributed by atoms with Crippen molar-refractivity contribution in [3.63, 3.8) is 0 Å². The third-order valence-electron chi connectivity index (χ3n) is 4.37. The van der Waals surface area contributed by atoms with Gasteiger partial charge in [0.05, 0.1) is 12.9 Å². The van der Waals surface area contributed by atoms with E-state index in [1.54, 1.807) is 7.11 Å². The Kier molecular flexibility index (Phi) is 6.71. The first-order valence-electron chi connectivity index (χ1n) is 9.24. The smallest absolute Gasteiger partial charge is 0.234 e. The number of methoxy groups -OCH3 is 1. The van der Waals surface area contributed by atoms with E-state index in [2.05, 4.69) is 22.4 Å². The second-order valence-corrected chi connectivity index (χ2v) is 7.07. The molecule has 0 unspecified atom stereocenters. The normalized spacial score (nSPS) is 10.7. The average Bonchev–Trinajstić information content (AvgIpc) is 3.15. The van der Waals surface area contributed by atoms with E-state index in [0.29, 0.717) is 6.54 Å². The van der Waals surface area contributed by atoms with Gasteiger partial charge >= 0.3 is 0 Å². The number of anilines is 1. The van der Waals surface area contributed by atoms with Gasteiger partial charge in [0, 0.05) is 17.8 Å². The van der Waals surface area contributed by atoms with Crippen molar-refractivity contribution in [1.82, 2.24) is 14.8 Å². The average molecular weight is 397 g/mol. The lowest BCUT2D eigenvalue weighted by molar-refractivity contribution is -0.113. The van der Waals surface area contributed by atoms with Gasteiger partial charge in [-0.25, -0.2) is 0 Å². The number of benzene rings is 2. The van der Waals surface area contributed by atoms with Gasteiger partial charge < -0.3 is 14.6 Å². The number of aryl methyl sites for hydroxylation is 1. The Hall–Kier alpha value is -2.80. The van der Waals surface area contributed by atoms with E-state index >= 15 is 0 Å². The fraction of sp³-hybridized carbons (Fsp3) is 0.286. The van der Waals surface area contributed by atoms with E-state index in [0.717, 1.165) is 40.0 Å². The summed E-state index contributed by atoms with van der Waals surface area (Å²) in [5.74, 6) is 1.75. The van der Waals surface area contributed by atoms with Crippen molar-refractivity contribution in [2.75, 3.05) is 18.2 Å². The molecule has 1 heterocycles. The number of para-hydroxylation sites is 1. The third kappa shape index (κ3) is 4.54. The van der Waals surface area contributed by atoms with Gasteiger partial charge in [-0.15, -0.1) is 10.2 Å². The van der Waals surface area contributed by atoms with Gasteiger partial charge in [0.25, 0.3) is 0 Å². The molecule has 7 heteroatoms. The molecule has 0 atom stereocenters. The zero-order valence-electron chi connectivity index (χ0n) is 16.3. The predicted octanol–water partition coefficient (Wildman–Crippen LogP) is 4.27. The Morgan fingerprint density at radius 1 is 1.14 bits per heavy atom.